The monoisotopic (exact) mass is 286 g/mol. The van der Waals surface area contributed by atoms with Crippen LogP contribution in [0, 0.1) is 6.92 Å². The second-order valence-electron chi connectivity index (χ2n) is 5.28. The molecule has 0 saturated carbocycles. The van der Waals surface area contributed by atoms with E-state index in [1.807, 2.05) is 19.1 Å². The number of hydrogen-bond donors (Lipinski definition) is 2. The molecule has 21 heavy (non-hydrogen) atoms. The van der Waals surface area contributed by atoms with E-state index in [-0.39, 0.29) is 5.75 Å². The Morgan fingerprint density at radius 3 is 2.52 bits per heavy atom. The number of hydrogen-bond acceptors (Lipinski definition) is 4. The lowest BCUT2D eigenvalue weighted by Crippen LogP contribution is -2.30. The predicted molar refractivity (Wildman–Crippen MR) is 78.9 cm³/mol. The van der Waals surface area contributed by atoms with Gasteiger partial charge in [0, 0.05) is 12.0 Å². The highest BCUT2D eigenvalue weighted by Gasteiger charge is 2.31. The predicted octanol–water partition coefficient (Wildman–Crippen LogP) is 2.75. The quantitative estimate of drug-likeness (QED) is 0.891. The van der Waals surface area contributed by atoms with Crippen molar-refractivity contribution in [3.63, 3.8) is 0 Å². The zero-order valence-corrected chi connectivity index (χ0v) is 12.0. The maximum Gasteiger partial charge on any atom is 0.150 e. The molecule has 2 atom stereocenters. The van der Waals surface area contributed by atoms with Crippen LogP contribution in [0.3, 0.4) is 0 Å². The highest BCUT2D eigenvalue weighted by Crippen LogP contribution is 2.40. The number of phenolic OH excluding ortho intramolecular Hbond substituents is 1. The van der Waals surface area contributed by atoms with E-state index in [1.54, 1.807) is 31.4 Å². The fraction of sp³-hybridized carbons (Fsp3) is 0.294. The molecule has 0 radical (unpaired) electrons. The molecule has 0 bridgehead atoms. The van der Waals surface area contributed by atoms with Gasteiger partial charge in [0.15, 0.2) is 0 Å². The van der Waals surface area contributed by atoms with Crippen molar-refractivity contribution in [2.45, 2.75) is 25.6 Å². The molecule has 3 rings (SSSR count). The van der Waals surface area contributed by atoms with Crippen LogP contribution in [0.1, 0.15) is 22.8 Å². The molecule has 1 heterocycles. The molecule has 0 amide bonds. The fourth-order valence-electron chi connectivity index (χ4n) is 2.77. The summed E-state index contributed by atoms with van der Waals surface area (Å²) in [5.41, 5.74) is 2.76. The number of rotatable bonds is 2. The minimum atomic E-state index is -0.616. The lowest BCUT2D eigenvalue weighted by Gasteiger charge is -2.32. The number of fused-ring (bicyclic) bond motifs is 1. The SMILES string of the molecule is COc1ccc2c(c1C)O[C@H](c1ccc(O)cc1)[C@@H](O)C2. The van der Waals surface area contributed by atoms with Gasteiger partial charge >= 0.3 is 0 Å². The standard InChI is InChI=1S/C17H18O4/c1-10-15(20-2)8-5-12-9-14(19)17(21-16(10)12)11-3-6-13(18)7-4-11/h3-8,14,17-19H,9H2,1-2H3/t14-,17+/m0/s1. The third-order valence-electron chi connectivity index (χ3n) is 3.90. The third-order valence-corrected chi connectivity index (χ3v) is 3.90. The maximum atomic E-state index is 10.3. The summed E-state index contributed by atoms with van der Waals surface area (Å²) in [6.07, 6.45) is -0.523. The first-order chi connectivity index (χ1) is 10.1. The summed E-state index contributed by atoms with van der Waals surface area (Å²) >= 11 is 0. The van der Waals surface area contributed by atoms with E-state index in [1.165, 1.54) is 0 Å². The van der Waals surface area contributed by atoms with Crippen LogP contribution in [-0.4, -0.2) is 23.4 Å². The highest BCUT2D eigenvalue weighted by atomic mass is 16.5. The molecule has 0 unspecified atom stereocenters. The lowest BCUT2D eigenvalue weighted by atomic mass is 9.93. The van der Waals surface area contributed by atoms with Crippen molar-refractivity contribution in [3.05, 3.63) is 53.1 Å². The van der Waals surface area contributed by atoms with Crippen LogP contribution < -0.4 is 9.47 Å². The van der Waals surface area contributed by atoms with Gasteiger partial charge in [-0.25, -0.2) is 0 Å². The second kappa shape index (κ2) is 5.30. The first-order valence-electron chi connectivity index (χ1n) is 6.90. The molecule has 0 fully saturated rings. The van der Waals surface area contributed by atoms with Gasteiger partial charge in [-0.1, -0.05) is 18.2 Å². The minimum Gasteiger partial charge on any atom is -0.508 e. The largest absolute Gasteiger partial charge is 0.508 e. The molecule has 110 valence electrons. The van der Waals surface area contributed by atoms with Crippen LogP contribution in [0.5, 0.6) is 17.2 Å². The molecule has 0 aromatic heterocycles. The Bertz CT molecular complexity index is 649. The van der Waals surface area contributed by atoms with Gasteiger partial charge in [-0.15, -0.1) is 0 Å². The average Bonchev–Trinajstić information content (AvgIpc) is 2.48. The third kappa shape index (κ3) is 2.43. The topological polar surface area (TPSA) is 58.9 Å². The molecule has 4 nitrogen and oxygen atoms in total. The van der Waals surface area contributed by atoms with Gasteiger partial charge in [-0.05, 0) is 36.2 Å². The number of ether oxygens (including phenoxy) is 2. The van der Waals surface area contributed by atoms with Gasteiger partial charge in [0.25, 0.3) is 0 Å². The zero-order chi connectivity index (χ0) is 15.0. The Hall–Kier alpha value is -2.20. The fourth-order valence-corrected chi connectivity index (χ4v) is 2.77. The van der Waals surface area contributed by atoms with Gasteiger partial charge in [-0.2, -0.15) is 0 Å². The molecule has 0 saturated heterocycles. The summed E-state index contributed by atoms with van der Waals surface area (Å²) in [6, 6.07) is 10.6. The average molecular weight is 286 g/mol. The number of methoxy groups -OCH3 is 1. The van der Waals surface area contributed by atoms with Crippen molar-refractivity contribution in [3.8, 4) is 17.2 Å². The van der Waals surface area contributed by atoms with Crippen LogP contribution in [0.15, 0.2) is 36.4 Å². The first-order valence-corrected chi connectivity index (χ1v) is 6.90. The van der Waals surface area contributed by atoms with Crippen molar-refractivity contribution >= 4 is 0 Å². The van der Waals surface area contributed by atoms with E-state index in [0.29, 0.717) is 6.42 Å². The van der Waals surface area contributed by atoms with Gasteiger partial charge in [0.2, 0.25) is 0 Å². The Labute approximate surface area is 123 Å². The number of benzene rings is 2. The molecule has 0 aliphatic carbocycles. The molecule has 1 aliphatic rings. The summed E-state index contributed by atoms with van der Waals surface area (Å²) in [5, 5.41) is 19.7. The molecular formula is C17H18O4. The van der Waals surface area contributed by atoms with Crippen molar-refractivity contribution in [1.82, 2.24) is 0 Å². The molecule has 2 aromatic carbocycles. The van der Waals surface area contributed by atoms with Crippen molar-refractivity contribution < 1.29 is 19.7 Å². The Morgan fingerprint density at radius 2 is 1.86 bits per heavy atom. The molecule has 2 aromatic rings. The normalized spacial score (nSPS) is 20.5. The maximum absolute atomic E-state index is 10.3. The highest BCUT2D eigenvalue weighted by molar-refractivity contribution is 5.51. The van der Waals surface area contributed by atoms with E-state index in [2.05, 4.69) is 0 Å². The van der Waals surface area contributed by atoms with Crippen molar-refractivity contribution in [1.29, 1.82) is 0 Å². The summed E-state index contributed by atoms with van der Waals surface area (Å²) in [5.74, 6) is 1.75. The minimum absolute atomic E-state index is 0.197. The van der Waals surface area contributed by atoms with Crippen LogP contribution in [0.2, 0.25) is 0 Å². The van der Waals surface area contributed by atoms with Crippen LogP contribution in [-0.2, 0) is 6.42 Å². The van der Waals surface area contributed by atoms with Crippen LogP contribution >= 0.6 is 0 Å². The van der Waals surface area contributed by atoms with E-state index < -0.39 is 12.2 Å². The summed E-state index contributed by atoms with van der Waals surface area (Å²) in [4.78, 5) is 0. The van der Waals surface area contributed by atoms with E-state index in [4.69, 9.17) is 9.47 Å². The number of phenols is 1. The van der Waals surface area contributed by atoms with Gasteiger partial charge in [0.05, 0.1) is 13.2 Å². The molecule has 2 N–H and O–H groups in total. The summed E-state index contributed by atoms with van der Waals surface area (Å²) in [6.45, 7) is 1.95. The van der Waals surface area contributed by atoms with Gasteiger partial charge in [-0.3, -0.25) is 0 Å². The summed E-state index contributed by atoms with van der Waals surface area (Å²) < 4.78 is 11.4. The summed E-state index contributed by atoms with van der Waals surface area (Å²) in [7, 11) is 1.63. The van der Waals surface area contributed by atoms with E-state index in [9.17, 15) is 10.2 Å². The number of aliphatic hydroxyl groups is 1. The molecule has 0 spiro atoms. The lowest BCUT2D eigenvalue weighted by molar-refractivity contribution is 0.0201. The van der Waals surface area contributed by atoms with Crippen molar-refractivity contribution in [2.24, 2.45) is 0 Å². The Kier molecular flexibility index (Phi) is 3.47. The van der Waals surface area contributed by atoms with Crippen LogP contribution in [0.4, 0.5) is 0 Å². The smallest absolute Gasteiger partial charge is 0.150 e. The van der Waals surface area contributed by atoms with Crippen LogP contribution in [0.25, 0.3) is 0 Å². The Balaban J connectivity index is 1.98. The second-order valence-corrected chi connectivity index (χ2v) is 5.28. The van der Waals surface area contributed by atoms with Crippen molar-refractivity contribution in [2.75, 3.05) is 7.11 Å². The number of aromatic hydroxyl groups is 1. The van der Waals surface area contributed by atoms with Gasteiger partial charge in [0.1, 0.15) is 23.4 Å². The molecule has 4 heteroatoms. The first kappa shape index (κ1) is 13.8. The van der Waals surface area contributed by atoms with E-state index >= 15 is 0 Å². The zero-order valence-electron chi connectivity index (χ0n) is 12.0. The molecular weight excluding hydrogens is 268 g/mol. The number of aliphatic hydroxyl groups excluding tert-OH is 1. The Morgan fingerprint density at radius 1 is 1.14 bits per heavy atom. The molecule has 1 aliphatic heterocycles. The van der Waals surface area contributed by atoms with Gasteiger partial charge < -0.3 is 19.7 Å². The van der Waals surface area contributed by atoms with E-state index in [0.717, 1.165) is 28.2 Å².